The topological polar surface area (TPSA) is 47.6 Å². The van der Waals surface area contributed by atoms with Gasteiger partial charge in [0.1, 0.15) is 5.75 Å². The molecule has 0 aromatic heterocycles. The van der Waals surface area contributed by atoms with Gasteiger partial charge in [0.15, 0.2) is 0 Å². The summed E-state index contributed by atoms with van der Waals surface area (Å²) in [6.07, 6.45) is 1.54. The largest absolute Gasteiger partial charge is 0.496 e. The van der Waals surface area contributed by atoms with Crippen LogP contribution in [0.25, 0.3) is 0 Å². The van der Waals surface area contributed by atoms with Crippen molar-refractivity contribution in [3.05, 3.63) is 29.3 Å². The molecule has 0 atom stereocenters. The average molecular weight is 263 g/mol. The van der Waals surface area contributed by atoms with Gasteiger partial charge in [0.05, 0.1) is 19.6 Å². The summed E-state index contributed by atoms with van der Waals surface area (Å²) in [5, 5.41) is 3.29. The molecular weight excluding hydrogens is 242 g/mol. The molecule has 1 aromatic rings. The summed E-state index contributed by atoms with van der Waals surface area (Å²) in [6.45, 7) is 3.66. The number of carbonyl (C=O) groups is 1. The Hall–Kier alpha value is -1.55. The normalized spacial score (nSPS) is 17.8. The third kappa shape index (κ3) is 2.45. The lowest BCUT2D eigenvalue weighted by atomic mass is 9.73. The number of aryl methyl sites for hydroxylation is 1. The molecule has 104 valence electrons. The Kier molecular flexibility index (Phi) is 4.10. The number of rotatable bonds is 3. The predicted molar refractivity (Wildman–Crippen MR) is 73.5 cm³/mol. The van der Waals surface area contributed by atoms with E-state index in [4.69, 9.17) is 9.47 Å². The summed E-state index contributed by atoms with van der Waals surface area (Å²) >= 11 is 0. The van der Waals surface area contributed by atoms with Crippen LogP contribution in [0.15, 0.2) is 18.2 Å². The van der Waals surface area contributed by atoms with Gasteiger partial charge in [0.2, 0.25) is 0 Å². The molecule has 0 aliphatic carbocycles. The highest BCUT2D eigenvalue weighted by atomic mass is 16.5. The molecule has 1 N–H and O–H groups in total. The number of hydrogen-bond acceptors (Lipinski definition) is 4. The summed E-state index contributed by atoms with van der Waals surface area (Å²) in [7, 11) is 3.12. The molecule has 2 rings (SSSR count). The lowest BCUT2D eigenvalue weighted by Crippen LogP contribution is -2.46. The number of nitrogens with one attached hydrogen (secondary N) is 1. The van der Waals surface area contributed by atoms with E-state index in [-0.39, 0.29) is 5.97 Å². The maximum Gasteiger partial charge on any atom is 0.316 e. The van der Waals surface area contributed by atoms with Gasteiger partial charge in [-0.25, -0.2) is 0 Å². The van der Waals surface area contributed by atoms with Crippen molar-refractivity contribution < 1.29 is 14.3 Å². The van der Waals surface area contributed by atoms with Gasteiger partial charge < -0.3 is 14.8 Å². The van der Waals surface area contributed by atoms with Crippen LogP contribution in [0.3, 0.4) is 0 Å². The van der Waals surface area contributed by atoms with Crippen LogP contribution in [-0.4, -0.2) is 33.3 Å². The molecular formula is C15H21NO3. The highest BCUT2D eigenvalue weighted by Gasteiger charge is 2.42. The van der Waals surface area contributed by atoms with Gasteiger partial charge in [0.25, 0.3) is 0 Å². The van der Waals surface area contributed by atoms with E-state index in [0.717, 1.165) is 42.8 Å². The molecule has 19 heavy (non-hydrogen) atoms. The van der Waals surface area contributed by atoms with E-state index in [0.29, 0.717) is 0 Å². The average Bonchev–Trinajstić information content (AvgIpc) is 2.47. The lowest BCUT2D eigenvalue weighted by molar-refractivity contribution is -0.148. The molecule has 1 aliphatic rings. The number of ether oxygens (including phenoxy) is 2. The van der Waals surface area contributed by atoms with E-state index >= 15 is 0 Å². The number of carbonyl (C=O) groups excluding carboxylic acids is 1. The summed E-state index contributed by atoms with van der Waals surface area (Å²) < 4.78 is 10.3. The van der Waals surface area contributed by atoms with Crippen molar-refractivity contribution in [3.8, 4) is 5.75 Å². The second-order valence-electron chi connectivity index (χ2n) is 5.01. The van der Waals surface area contributed by atoms with Gasteiger partial charge in [0, 0.05) is 0 Å². The Labute approximate surface area is 114 Å². The first-order valence-electron chi connectivity index (χ1n) is 6.58. The molecule has 4 heteroatoms. The molecule has 0 saturated carbocycles. The third-order valence-corrected chi connectivity index (χ3v) is 3.98. The maximum atomic E-state index is 12.3. The zero-order valence-electron chi connectivity index (χ0n) is 11.8. The van der Waals surface area contributed by atoms with Gasteiger partial charge in [-0.3, -0.25) is 4.79 Å². The number of benzene rings is 1. The second-order valence-corrected chi connectivity index (χ2v) is 5.01. The fourth-order valence-electron chi connectivity index (χ4n) is 2.84. The molecule has 0 spiro atoms. The maximum absolute atomic E-state index is 12.3. The first kappa shape index (κ1) is 13.9. The van der Waals surface area contributed by atoms with Crippen molar-refractivity contribution in [2.45, 2.75) is 25.2 Å². The first-order valence-corrected chi connectivity index (χ1v) is 6.58. The summed E-state index contributed by atoms with van der Waals surface area (Å²) in [4.78, 5) is 12.3. The molecule has 0 bridgehead atoms. The van der Waals surface area contributed by atoms with Crippen LogP contribution in [0.1, 0.15) is 24.0 Å². The zero-order chi connectivity index (χ0) is 13.9. The highest BCUT2D eigenvalue weighted by molar-refractivity contribution is 5.83. The number of hydrogen-bond donors (Lipinski definition) is 1. The van der Waals surface area contributed by atoms with E-state index in [1.54, 1.807) is 7.11 Å². The molecule has 0 amide bonds. The first-order chi connectivity index (χ1) is 9.14. The number of esters is 1. The van der Waals surface area contributed by atoms with Crippen LogP contribution in [0, 0.1) is 6.92 Å². The van der Waals surface area contributed by atoms with Crippen molar-refractivity contribution in [1.29, 1.82) is 0 Å². The smallest absolute Gasteiger partial charge is 0.316 e. The van der Waals surface area contributed by atoms with Crippen molar-refractivity contribution in [1.82, 2.24) is 5.32 Å². The third-order valence-electron chi connectivity index (χ3n) is 3.98. The molecule has 1 aliphatic heterocycles. The molecule has 1 fully saturated rings. The minimum absolute atomic E-state index is 0.140. The van der Waals surface area contributed by atoms with Crippen LogP contribution in [0.2, 0.25) is 0 Å². The minimum Gasteiger partial charge on any atom is -0.496 e. The molecule has 4 nitrogen and oxygen atoms in total. The Morgan fingerprint density at radius 3 is 2.47 bits per heavy atom. The molecule has 1 saturated heterocycles. The van der Waals surface area contributed by atoms with Crippen LogP contribution in [0.5, 0.6) is 5.75 Å². The van der Waals surface area contributed by atoms with Gasteiger partial charge in [-0.05, 0) is 50.0 Å². The van der Waals surface area contributed by atoms with Crippen molar-refractivity contribution in [3.63, 3.8) is 0 Å². The highest BCUT2D eigenvalue weighted by Crippen LogP contribution is 2.36. The fourth-order valence-corrected chi connectivity index (χ4v) is 2.84. The Morgan fingerprint density at radius 1 is 1.26 bits per heavy atom. The van der Waals surface area contributed by atoms with Gasteiger partial charge in [-0.1, -0.05) is 12.1 Å². The molecule has 0 unspecified atom stereocenters. The van der Waals surface area contributed by atoms with Crippen LogP contribution in [0.4, 0.5) is 0 Å². The second kappa shape index (κ2) is 5.61. The molecule has 1 heterocycles. The van der Waals surface area contributed by atoms with E-state index in [1.165, 1.54) is 7.11 Å². The van der Waals surface area contributed by atoms with Crippen molar-refractivity contribution in [2.24, 2.45) is 0 Å². The van der Waals surface area contributed by atoms with E-state index < -0.39 is 5.41 Å². The Bertz CT molecular complexity index is 464. The fraction of sp³-hybridized carbons (Fsp3) is 0.533. The van der Waals surface area contributed by atoms with E-state index in [1.807, 2.05) is 25.1 Å². The van der Waals surface area contributed by atoms with Crippen LogP contribution >= 0.6 is 0 Å². The Morgan fingerprint density at radius 2 is 1.95 bits per heavy atom. The minimum atomic E-state index is -0.517. The van der Waals surface area contributed by atoms with E-state index in [2.05, 4.69) is 5.32 Å². The standard InChI is InChI=1S/C15H21NO3/c1-11-10-12(4-5-13(11)18-2)15(14(17)19-3)6-8-16-9-7-15/h4-5,10,16H,6-9H2,1-3H3. The van der Waals surface area contributed by atoms with Gasteiger partial charge in [-0.15, -0.1) is 0 Å². The number of piperidine rings is 1. The van der Waals surface area contributed by atoms with E-state index in [9.17, 15) is 4.79 Å². The van der Waals surface area contributed by atoms with Crippen LogP contribution in [-0.2, 0) is 14.9 Å². The Balaban J connectivity index is 2.43. The zero-order valence-corrected chi connectivity index (χ0v) is 11.8. The summed E-state index contributed by atoms with van der Waals surface area (Å²) in [6, 6.07) is 5.95. The van der Waals surface area contributed by atoms with Crippen molar-refractivity contribution >= 4 is 5.97 Å². The summed E-state index contributed by atoms with van der Waals surface area (Å²) in [5.41, 5.74) is 1.55. The SMILES string of the molecule is COC(=O)C1(c2ccc(OC)c(C)c2)CCNCC1. The van der Waals surface area contributed by atoms with Gasteiger partial charge >= 0.3 is 5.97 Å². The molecule has 1 aromatic carbocycles. The predicted octanol–water partition coefficient (Wildman–Crippen LogP) is 1.80. The van der Waals surface area contributed by atoms with Crippen molar-refractivity contribution in [2.75, 3.05) is 27.3 Å². The monoisotopic (exact) mass is 263 g/mol. The molecule has 0 radical (unpaired) electrons. The van der Waals surface area contributed by atoms with Gasteiger partial charge in [-0.2, -0.15) is 0 Å². The number of methoxy groups -OCH3 is 2. The lowest BCUT2D eigenvalue weighted by Gasteiger charge is -2.35. The van der Waals surface area contributed by atoms with Crippen LogP contribution < -0.4 is 10.1 Å². The quantitative estimate of drug-likeness (QED) is 0.845. The summed E-state index contributed by atoms with van der Waals surface area (Å²) in [5.74, 6) is 0.705.